The molecule has 1 aromatic carbocycles. The first-order chi connectivity index (χ1) is 7.49. The second kappa shape index (κ2) is 5.61. The number of phenolic OH excluding ortho intramolecular Hbond substituents is 1. The van der Waals surface area contributed by atoms with Crippen LogP contribution in [-0.2, 0) is 4.74 Å². The number of anilines is 1. The van der Waals surface area contributed by atoms with Gasteiger partial charge in [0, 0.05) is 5.02 Å². The molecule has 1 aromatic rings. The number of carbonyl (C=O) groups excluding carboxylic acids is 1. The predicted molar refractivity (Wildman–Crippen MR) is 62.9 cm³/mol. The maximum Gasteiger partial charge on any atom is 0.411 e. The molecule has 0 radical (unpaired) electrons. The fourth-order valence-electron chi connectivity index (χ4n) is 0.997. The van der Waals surface area contributed by atoms with Crippen LogP contribution in [0.25, 0.3) is 0 Å². The molecule has 0 spiro atoms. The zero-order valence-electron chi connectivity index (χ0n) is 9.16. The molecule has 0 heterocycles. The fraction of sp³-hybridized carbons (Fsp3) is 0.364. The first kappa shape index (κ1) is 12.6. The molecule has 0 fully saturated rings. The lowest BCUT2D eigenvalue weighted by atomic mass is 10.2. The van der Waals surface area contributed by atoms with Crippen molar-refractivity contribution in [3.63, 3.8) is 0 Å². The van der Waals surface area contributed by atoms with Crippen molar-refractivity contribution in [2.24, 2.45) is 5.92 Å². The average Bonchev–Trinajstić information content (AvgIpc) is 2.20. The number of carbonyl (C=O) groups is 1. The quantitative estimate of drug-likeness (QED) is 0.802. The number of aromatic hydroxyl groups is 1. The smallest absolute Gasteiger partial charge is 0.411 e. The van der Waals surface area contributed by atoms with Crippen LogP contribution >= 0.6 is 11.6 Å². The Morgan fingerprint density at radius 1 is 1.56 bits per heavy atom. The van der Waals surface area contributed by atoms with Gasteiger partial charge in [0.25, 0.3) is 0 Å². The van der Waals surface area contributed by atoms with Gasteiger partial charge in [0.2, 0.25) is 0 Å². The largest absolute Gasteiger partial charge is 0.506 e. The topological polar surface area (TPSA) is 58.6 Å². The molecule has 0 aliphatic carbocycles. The van der Waals surface area contributed by atoms with Crippen LogP contribution in [0, 0.1) is 5.92 Å². The molecule has 0 bridgehead atoms. The molecule has 4 nitrogen and oxygen atoms in total. The Labute approximate surface area is 99.2 Å². The minimum atomic E-state index is -0.605. The summed E-state index contributed by atoms with van der Waals surface area (Å²) in [6, 6.07) is 4.38. The van der Waals surface area contributed by atoms with E-state index >= 15 is 0 Å². The molecule has 0 saturated heterocycles. The summed E-state index contributed by atoms with van der Waals surface area (Å²) in [7, 11) is 0. The molecule has 0 atom stereocenters. The van der Waals surface area contributed by atoms with E-state index in [1.165, 1.54) is 18.2 Å². The number of hydrogen-bond acceptors (Lipinski definition) is 3. The molecule has 0 saturated carbocycles. The number of halogens is 1. The van der Waals surface area contributed by atoms with Crippen LogP contribution in [-0.4, -0.2) is 17.8 Å². The summed E-state index contributed by atoms with van der Waals surface area (Å²) >= 11 is 5.72. The Balaban J connectivity index is 2.59. The van der Waals surface area contributed by atoms with Crippen LogP contribution in [0.2, 0.25) is 5.02 Å². The fourth-order valence-corrected chi connectivity index (χ4v) is 1.17. The number of rotatable bonds is 3. The number of nitrogens with one attached hydrogen (secondary N) is 1. The number of ether oxygens (including phenoxy) is 1. The van der Waals surface area contributed by atoms with Crippen LogP contribution in [0.3, 0.4) is 0 Å². The molecule has 0 unspecified atom stereocenters. The first-order valence-electron chi connectivity index (χ1n) is 4.91. The van der Waals surface area contributed by atoms with Crippen molar-refractivity contribution in [3.05, 3.63) is 23.2 Å². The predicted octanol–water partition coefficient (Wildman–Crippen LogP) is 3.25. The Bertz CT molecular complexity index is 379. The molecule has 0 aliphatic rings. The van der Waals surface area contributed by atoms with Gasteiger partial charge < -0.3 is 9.84 Å². The van der Waals surface area contributed by atoms with Crippen molar-refractivity contribution in [2.75, 3.05) is 11.9 Å². The van der Waals surface area contributed by atoms with Gasteiger partial charge in [-0.25, -0.2) is 4.79 Å². The molecule has 5 heteroatoms. The summed E-state index contributed by atoms with van der Waals surface area (Å²) in [6.07, 6.45) is -0.605. The Morgan fingerprint density at radius 3 is 2.88 bits per heavy atom. The van der Waals surface area contributed by atoms with Gasteiger partial charge in [0.05, 0.1) is 12.3 Å². The Hall–Kier alpha value is -1.42. The zero-order valence-corrected chi connectivity index (χ0v) is 9.91. The highest BCUT2D eigenvalue weighted by molar-refractivity contribution is 6.31. The second-order valence-electron chi connectivity index (χ2n) is 3.78. The molecular weight excluding hydrogens is 230 g/mol. The lowest BCUT2D eigenvalue weighted by Gasteiger charge is -2.09. The summed E-state index contributed by atoms with van der Waals surface area (Å²) in [5, 5.41) is 12.3. The first-order valence-corrected chi connectivity index (χ1v) is 5.29. The number of phenols is 1. The van der Waals surface area contributed by atoms with Gasteiger partial charge in [-0.1, -0.05) is 25.4 Å². The van der Waals surface area contributed by atoms with E-state index in [1.807, 2.05) is 13.8 Å². The highest BCUT2D eigenvalue weighted by Crippen LogP contribution is 2.26. The van der Waals surface area contributed by atoms with Gasteiger partial charge in [0.1, 0.15) is 5.75 Å². The molecule has 88 valence electrons. The third kappa shape index (κ3) is 3.98. The van der Waals surface area contributed by atoms with E-state index in [-0.39, 0.29) is 17.4 Å². The summed E-state index contributed by atoms with van der Waals surface area (Å²) in [4.78, 5) is 11.3. The second-order valence-corrected chi connectivity index (χ2v) is 4.22. The summed E-state index contributed by atoms with van der Waals surface area (Å²) in [5.74, 6) is 0.213. The van der Waals surface area contributed by atoms with Crippen molar-refractivity contribution in [2.45, 2.75) is 13.8 Å². The normalized spacial score (nSPS) is 10.2. The summed E-state index contributed by atoms with van der Waals surface area (Å²) in [6.45, 7) is 4.20. The molecule has 0 aliphatic heterocycles. The van der Waals surface area contributed by atoms with E-state index in [9.17, 15) is 9.90 Å². The molecule has 0 aromatic heterocycles. The third-order valence-corrected chi connectivity index (χ3v) is 1.98. The van der Waals surface area contributed by atoms with E-state index in [4.69, 9.17) is 16.3 Å². The lowest BCUT2D eigenvalue weighted by Crippen LogP contribution is -2.16. The van der Waals surface area contributed by atoms with Crippen molar-refractivity contribution in [3.8, 4) is 5.75 Å². The Kier molecular flexibility index (Phi) is 4.43. The van der Waals surface area contributed by atoms with Gasteiger partial charge in [-0.3, -0.25) is 5.32 Å². The standard InChI is InChI=1S/C11H14ClNO3/c1-7(2)6-16-11(15)13-9-5-8(12)3-4-10(9)14/h3-5,7,14H,6H2,1-2H3,(H,13,15). The van der Waals surface area contributed by atoms with Gasteiger partial charge in [-0.05, 0) is 24.1 Å². The van der Waals surface area contributed by atoms with Crippen LogP contribution in [0.15, 0.2) is 18.2 Å². The molecule has 16 heavy (non-hydrogen) atoms. The maximum absolute atomic E-state index is 11.3. The summed E-state index contributed by atoms with van der Waals surface area (Å²) < 4.78 is 4.90. The number of hydrogen-bond donors (Lipinski definition) is 2. The van der Waals surface area contributed by atoms with E-state index in [1.54, 1.807) is 0 Å². The highest BCUT2D eigenvalue weighted by atomic mass is 35.5. The van der Waals surface area contributed by atoms with E-state index < -0.39 is 6.09 Å². The van der Waals surface area contributed by atoms with Crippen molar-refractivity contribution >= 4 is 23.4 Å². The molecule has 1 rings (SSSR count). The summed E-state index contributed by atoms with van der Waals surface area (Å²) in [5.41, 5.74) is 0.237. The number of amides is 1. The van der Waals surface area contributed by atoms with E-state index in [2.05, 4.69) is 5.32 Å². The van der Waals surface area contributed by atoms with Crippen LogP contribution in [0.4, 0.5) is 10.5 Å². The highest BCUT2D eigenvalue weighted by Gasteiger charge is 2.08. The van der Waals surface area contributed by atoms with Crippen LogP contribution in [0.1, 0.15) is 13.8 Å². The van der Waals surface area contributed by atoms with Crippen LogP contribution < -0.4 is 5.32 Å². The van der Waals surface area contributed by atoms with Gasteiger partial charge in [-0.15, -0.1) is 0 Å². The molecule has 1 amide bonds. The van der Waals surface area contributed by atoms with Gasteiger partial charge in [0.15, 0.2) is 0 Å². The Morgan fingerprint density at radius 2 is 2.25 bits per heavy atom. The third-order valence-electron chi connectivity index (χ3n) is 1.74. The van der Waals surface area contributed by atoms with Crippen LogP contribution in [0.5, 0.6) is 5.75 Å². The zero-order chi connectivity index (χ0) is 12.1. The monoisotopic (exact) mass is 243 g/mol. The minimum absolute atomic E-state index is 0.0501. The lowest BCUT2D eigenvalue weighted by molar-refractivity contribution is 0.147. The van der Waals surface area contributed by atoms with E-state index in [0.29, 0.717) is 11.6 Å². The molecule has 2 N–H and O–H groups in total. The maximum atomic E-state index is 11.3. The van der Waals surface area contributed by atoms with Crippen molar-refractivity contribution in [1.29, 1.82) is 0 Å². The SMILES string of the molecule is CC(C)COC(=O)Nc1cc(Cl)ccc1O. The van der Waals surface area contributed by atoms with Crippen molar-refractivity contribution in [1.82, 2.24) is 0 Å². The van der Waals surface area contributed by atoms with E-state index in [0.717, 1.165) is 0 Å². The molecular formula is C11H14ClNO3. The van der Waals surface area contributed by atoms with Gasteiger partial charge in [-0.2, -0.15) is 0 Å². The van der Waals surface area contributed by atoms with Crippen molar-refractivity contribution < 1.29 is 14.6 Å². The number of benzene rings is 1. The minimum Gasteiger partial charge on any atom is -0.506 e. The average molecular weight is 244 g/mol. The van der Waals surface area contributed by atoms with Gasteiger partial charge >= 0.3 is 6.09 Å².